The van der Waals surface area contributed by atoms with Gasteiger partial charge in [0.1, 0.15) is 5.75 Å². The van der Waals surface area contributed by atoms with Crippen LogP contribution in [0.15, 0.2) is 54.6 Å². The molecular weight excluding hydrogens is 236 g/mol. The van der Waals surface area contributed by atoms with E-state index in [0.29, 0.717) is 11.8 Å². The quantitative estimate of drug-likeness (QED) is 0.904. The van der Waals surface area contributed by atoms with Crippen LogP contribution in [-0.4, -0.2) is 12.2 Å². The van der Waals surface area contributed by atoms with E-state index in [1.54, 1.807) is 7.11 Å². The first kappa shape index (κ1) is 12.2. The van der Waals surface area contributed by atoms with Crippen LogP contribution in [0.1, 0.15) is 29.6 Å². The predicted molar refractivity (Wildman–Crippen MR) is 75.2 cm³/mol. The van der Waals surface area contributed by atoms with Crippen LogP contribution >= 0.6 is 0 Å². The summed E-state index contributed by atoms with van der Waals surface area (Å²) in [5.74, 6) is 1.62. The lowest BCUT2D eigenvalue weighted by molar-refractivity contribution is 0.151. The normalized spacial score (nSPS) is 22.8. The summed E-state index contributed by atoms with van der Waals surface area (Å²) in [7, 11) is 1.65. The number of ether oxygens (including phenoxy) is 1. The maximum Gasteiger partial charge on any atom is 0.119 e. The average Bonchev–Trinajstić information content (AvgIpc) is 3.28. The summed E-state index contributed by atoms with van der Waals surface area (Å²) in [6.45, 7) is 0. The second-order valence-electron chi connectivity index (χ2n) is 5.14. The van der Waals surface area contributed by atoms with Crippen molar-refractivity contribution in [1.82, 2.24) is 0 Å². The smallest absolute Gasteiger partial charge is 0.119 e. The minimum absolute atomic E-state index is 0.328. The van der Waals surface area contributed by atoms with Crippen LogP contribution in [0.3, 0.4) is 0 Å². The first-order valence-corrected chi connectivity index (χ1v) is 6.66. The van der Waals surface area contributed by atoms with Crippen LogP contribution in [0.2, 0.25) is 0 Å². The third-order valence-corrected chi connectivity index (χ3v) is 3.91. The monoisotopic (exact) mass is 254 g/mol. The Morgan fingerprint density at radius 3 is 2.63 bits per heavy atom. The van der Waals surface area contributed by atoms with E-state index in [4.69, 9.17) is 4.74 Å². The molecule has 2 heteroatoms. The summed E-state index contributed by atoms with van der Waals surface area (Å²) < 4.78 is 5.21. The number of methoxy groups -OCH3 is 1. The standard InChI is InChI=1S/C17H18O2/c1-19-14-9-5-8-13(10-14)17(18)16-11-15(16)12-6-3-2-4-7-12/h2-10,15-18H,11H2,1H3. The van der Waals surface area contributed by atoms with Crippen molar-refractivity contribution in [3.8, 4) is 5.75 Å². The topological polar surface area (TPSA) is 29.5 Å². The number of benzene rings is 2. The van der Waals surface area contributed by atoms with Crippen LogP contribution in [0.4, 0.5) is 0 Å². The van der Waals surface area contributed by atoms with Gasteiger partial charge in [-0.15, -0.1) is 0 Å². The summed E-state index contributed by atoms with van der Waals surface area (Å²) in [4.78, 5) is 0. The zero-order chi connectivity index (χ0) is 13.2. The fourth-order valence-electron chi connectivity index (χ4n) is 2.72. The van der Waals surface area contributed by atoms with Gasteiger partial charge in [0.15, 0.2) is 0 Å². The SMILES string of the molecule is COc1cccc(C(O)C2CC2c2ccccc2)c1. The third kappa shape index (κ3) is 2.49. The summed E-state index contributed by atoms with van der Waals surface area (Å²) in [6.07, 6.45) is 0.655. The minimum Gasteiger partial charge on any atom is -0.497 e. The maximum absolute atomic E-state index is 10.5. The molecule has 1 saturated carbocycles. The van der Waals surface area contributed by atoms with Gasteiger partial charge in [-0.3, -0.25) is 0 Å². The molecule has 98 valence electrons. The maximum atomic E-state index is 10.5. The Balaban J connectivity index is 1.74. The summed E-state index contributed by atoms with van der Waals surface area (Å²) in [5.41, 5.74) is 2.28. The summed E-state index contributed by atoms with van der Waals surface area (Å²) >= 11 is 0. The van der Waals surface area contributed by atoms with E-state index >= 15 is 0 Å². The van der Waals surface area contributed by atoms with Gasteiger partial charge in [-0.1, -0.05) is 42.5 Å². The van der Waals surface area contributed by atoms with Crippen molar-refractivity contribution in [2.45, 2.75) is 18.4 Å². The molecule has 2 nitrogen and oxygen atoms in total. The number of hydrogen-bond acceptors (Lipinski definition) is 2. The lowest BCUT2D eigenvalue weighted by atomic mass is 10.0. The Kier molecular flexibility index (Phi) is 3.26. The van der Waals surface area contributed by atoms with Crippen molar-refractivity contribution in [2.24, 2.45) is 5.92 Å². The van der Waals surface area contributed by atoms with Crippen LogP contribution in [0, 0.1) is 5.92 Å². The molecule has 0 heterocycles. The molecule has 0 aliphatic heterocycles. The molecule has 0 saturated heterocycles. The van der Waals surface area contributed by atoms with Crippen molar-refractivity contribution in [1.29, 1.82) is 0 Å². The molecule has 2 aromatic carbocycles. The molecule has 1 aliphatic rings. The first-order valence-electron chi connectivity index (χ1n) is 6.66. The fraction of sp³-hybridized carbons (Fsp3) is 0.294. The van der Waals surface area contributed by atoms with E-state index in [1.165, 1.54) is 5.56 Å². The molecule has 0 radical (unpaired) electrons. The van der Waals surface area contributed by atoms with Crippen molar-refractivity contribution >= 4 is 0 Å². The van der Waals surface area contributed by atoms with Gasteiger partial charge in [-0.25, -0.2) is 0 Å². The highest BCUT2D eigenvalue weighted by molar-refractivity contribution is 5.33. The third-order valence-electron chi connectivity index (χ3n) is 3.91. The highest BCUT2D eigenvalue weighted by Gasteiger charge is 2.43. The molecule has 3 unspecified atom stereocenters. The second kappa shape index (κ2) is 5.06. The van der Waals surface area contributed by atoms with Gasteiger partial charge in [0.2, 0.25) is 0 Å². The molecule has 2 aromatic rings. The van der Waals surface area contributed by atoms with Gasteiger partial charge >= 0.3 is 0 Å². The van der Waals surface area contributed by atoms with Crippen LogP contribution in [0.5, 0.6) is 5.75 Å². The van der Waals surface area contributed by atoms with Crippen LogP contribution < -0.4 is 4.74 Å². The highest BCUT2D eigenvalue weighted by atomic mass is 16.5. The molecule has 0 aromatic heterocycles. The van der Waals surface area contributed by atoms with E-state index in [-0.39, 0.29) is 0 Å². The van der Waals surface area contributed by atoms with E-state index in [0.717, 1.165) is 17.7 Å². The van der Waals surface area contributed by atoms with Gasteiger partial charge in [0.25, 0.3) is 0 Å². The first-order chi connectivity index (χ1) is 9.29. The largest absolute Gasteiger partial charge is 0.497 e. The molecule has 1 N–H and O–H groups in total. The van der Waals surface area contributed by atoms with Crippen LogP contribution in [-0.2, 0) is 0 Å². The molecule has 0 bridgehead atoms. The summed E-state index contributed by atoms with van der Waals surface area (Å²) in [5, 5.41) is 10.5. The van der Waals surface area contributed by atoms with E-state index in [2.05, 4.69) is 24.3 Å². The molecule has 3 rings (SSSR count). The minimum atomic E-state index is -0.402. The molecular formula is C17H18O2. The van der Waals surface area contributed by atoms with Crippen molar-refractivity contribution in [3.63, 3.8) is 0 Å². The van der Waals surface area contributed by atoms with Crippen molar-refractivity contribution in [2.75, 3.05) is 7.11 Å². The Morgan fingerprint density at radius 1 is 1.11 bits per heavy atom. The lowest BCUT2D eigenvalue weighted by Crippen LogP contribution is -2.01. The fourth-order valence-corrected chi connectivity index (χ4v) is 2.72. The Bertz CT molecular complexity index is 550. The molecule has 0 amide bonds. The van der Waals surface area contributed by atoms with Gasteiger partial charge in [0.05, 0.1) is 13.2 Å². The van der Waals surface area contributed by atoms with Gasteiger partial charge in [-0.05, 0) is 41.5 Å². The molecule has 19 heavy (non-hydrogen) atoms. The molecule has 0 spiro atoms. The Hall–Kier alpha value is -1.80. The zero-order valence-electron chi connectivity index (χ0n) is 11.0. The van der Waals surface area contributed by atoms with Crippen molar-refractivity contribution in [3.05, 3.63) is 65.7 Å². The number of aliphatic hydroxyl groups is 1. The Morgan fingerprint density at radius 2 is 1.89 bits per heavy atom. The molecule has 1 aliphatic carbocycles. The number of hydrogen-bond donors (Lipinski definition) is 1. The summed E-state index contributed by atoms with van der Waals surface area (Å²) in [6, 6.07) is 18.1. The predicted octanol–water partition coefficient (Wildman–Crippen LogP) is 3.53. The van der Waals surface area contributed by atoms with Gasteiger partial charge in [0, 0.05) is 0 Å². The molecule has 1 fully saturated rings. The van der Waals surface area contributed by atoms with E-state index < -0.39 is 6.10 Å². The number of aliphatic hydroxyl groups excluding tert-OH is 1. The Labute approximate surface area is 113 Å². The number of rotatable bonds is 4. The molecule has 3 atom stereocenters. The van der Waals surface area contributed by atoms with Crippen molar-refractivity contribution < 1.29 is 9.84 Å². The highest BCUT2D eigenvalue weighted by Crippen LogP contribution is 2.54. The van der Waals surface area contributed by atoms with E-state index in [9.17, 15) is 5.11 Å². The van der Waals surface area contributed by atoms with Crippen LogP contribution in [0.25, 0.3) is 0 Å². The van der Waals surface area contributed by atoms with E-state index in [1.807, 2.05) is 30.3 Å². The average molecular weight is 254 g/mol. The second-order valence-corrected chi connectivity index (χ2v) is 5.14. The lowest BCUT2D eigenvalue weighted by Gasteiger charge is -2.12. The van der Waals surface area contributed by atoms with Gasteiger partial charge < -0.3 is 9.84 Å². The zero-order valence-corrected chi connectivity index (χ0v) is 11.0. The van der Waals surface area contributed by atoms with Gasteiger partial charge in [-0.2, -0.15) is 0 Å².